The van der Waals surface area contributed by atoms with Gasteiger partial charge in [0.05, 0.1) is 4.92 Å². The Morgan fingerprint density at radius 1 is 1.32 bits per heavy atom. The summed E-state index contributed by atoms with van der Waals surface area (Å²) in [4.78, 5) is 34.2. The second kappa shape index (κ2) is 8.08. The van der Waals surface area contributed by atoms with Crippen LogP contribution >= 0.6 is 0 Å². The number of nitrogens with one attached hydrogen (secondary N) is 1. The molecule has 146 valence electrons. The fraction of sp³-hybridized carbons (Fsp3) is 0.300. The van der Waals surface area contributed by atoms with Gasteiger partial charge in [-0.25, -0.2) is 4.79 Å². The first-order valence-corrected chi connectivity index (χ1v) is 8.93. The third-order valence-corrected chi connectivity index (χ3v) is 4.55. The van der Waals surface area contributed by atoms with E-state index in [1.165, 1.54) is 37.1 Å². The molecule has 1 aliphatic rings. The number of aryl methyl sites for hydroxylation is 1. The van der Waals surface area contributed by atoms with Crippen molar-refractivity contribution < 1.29 is 19.2 Å². The number of carbonyl (C=O) groups excluding carboxylic acids is 2. The zero-order valence-electron chi connectivity index (χ0n) is 15.7. The fourth-order valence-electron chi connectivity index (χ4n) is 3.13. The Morgan fingerprint density at radius 3 is 2.71 bits per heavy atom. The van der Waals surface area contributed by atoms with Gasteiger partial charge >= 0.3 is 5.97 Å². The van der Waals surface area contributed by atoms with E-state index in [1.54, 1.807) is 12.1 Å². The Balaban J connectivity index is 1.55. The van der Waals surface area contributed by atoms with E-state index in [0.717, 1.165) is 17.0 Å². The lowest BCUT2D eigenvalue weighted by atomic mass is 10.2. The SMILES string of the molecule is Cc1cc(/C=C/C(=O)OCC(=O)Nc2ccccc2[N+](=O)[O-])c(C)n1C1CC1. The van der Waals surface area contributed by atoms with Crippen LogP contribution in [-0.2, 0) is 14.3 Å². The van der Waals surface area contributed by atoms with Crippen molar-refractivity contribution in [1.29, 1.82) is 0 Å². The first kappa shape index (κ1) is 19.3. The third-order valence-electron chi connectivity index (χ3n) is 4.55. The molecule has 1 saturated carbocycles. The molecule has 2 aromatic rings. The summed E-state index contributed by atoms with van der Waals surface area (Å²) in [5.41, 5.74) is 3.01. The number of hydrogen-bond acceptors (Lipinski definition) is 5. The molecule has 0 aliphatic heterocycles. The summed E-state index contributed by atoms with van der Waals surface area (Å²) in [5.74, 6) is -1.31. The van der Waals surface area contributed by atoms with Crippen molar-refractivity contribution in [2.24, 2.45) is 0 Å². The Kier molecular flexibility index (Phi) is 5.58. The number of nitro benzene ring substituents is 1. The molecule has 1 fully saturated rings. The van der Waals surface area contributed by atoms with Crippen molar-refractivity contribution in [3.8, 4) is 0 Å². The number of aromatic nitrogens is 1. The monoisotopic (exact) mass is 383 g/mol. The van der Waals surface area contributed by atoms with Crippen LogP contribution in [0.4, 0.5) is 11.4 Å². The summed E-state index contributed by atoms with van der Waals surface area (Å²) >= 11 is 0. The minimum atomic E-state index is -0.658. The molecule has 0 spiro atoms. The number of amides is 1. The van der Waals surface area contributed by atoms with Crippen LogP contribution in [0.2, 0.25) is 0 Å². The van der Waals surface area contributed by atoms with E-state index in [0.29, 0.717) is 6.04 Å². The van der Waals surface area contributed by atoms with Crippen LogP contribution < -0.4 is 5.32 Å². The zero-order chi connectivity index (χ0) is 20.3. The van der Waals surface area contributed by atoms with Gasteiger partial charge in [-0.2, -0.15) is 0 Å². The number of benzene rings is 1. The van der Waals surface area contributed by atoms with Crippen LogP contribution in [0.5, 0.6) is 0 Å². The van der Waals surface area contributed by atoms with Crippen molar-refractivity contribution in [2.45, 2.75) is 32.7 Å². The van der Waals surface area contributed by atoms with Gasteiger partial charge in [0.1, 0.15) is 5.69 Å². The van der Waals surface area contributed by atoms with E-state index in [-0.39, 0.29) is 11.4 Å². The van der Waals surface area contributed by atoms with E-state index in [4.69, 9.17) is 4.74 Å². The van der Waals surface area contributed by atoms with Gasteiger partial charge in [-0.15, -0.1) is 0 Å². The number of anilines is 1. The molecule has 28 heavy (non-hydrogen) atoms. The Hall–Kier alpha value is -3.42. The van der Waals surface area contributed by atoms with Gasteiger partial charge in [0.15, 0.2) is 6.61 Å². The summed E-state index contributed by atoms with van der Waals surface area (Å²) in [6, 6.07) is 8.32. The average Bonchev–Trinajstić information content (AvgIpc) is 3.44. The minimum absolute atomic E-state index is 0.0524. The number of carbonyl (C=O) groups is 2. The number of rotatable bonds is 7. The van der Waals surface area contributed by atoms with Crippen molar-refractivity contribution in [1.82, 2.24) is 4.57 Å². The summed E-state index contributed by atoms with van der Waals surface area (Å²) in [5, 5.41) is 13.3. The number of ether oxygens (including phenoxy) is 1. The molecule has 0 atom stereocenters. The van der Waals surface area contributed by atoms with Gasteiger partial charge in [-0.05, 0) is 50.5 Å². The van der Waals surface area contributed by atoms with Crippen molar-refractivity contribution in [2.75, 3.05) is 11.9 Å². The standard InChI is InChI=1S/C20H21N3O5/c1-13-11-15(14(2)22(13)16-8-9-16)7-10-20(25)28-12-19(24)21-17-5-3-4-6-18(17)23(26)27/h3-7,10-11,16H,8-9,12H2,1-2H3,(H,21,24)/b10-7+. The molecule has 1 amide bonds. The predicted molar refractivity (Wildman–Crippen MR) is 104 cm³/mol. The maximum Gasteiger partial charge on any atom is 0.331 e. The highest BCUT2D eigenvalue weighted by molar-refractivity contribution is 5.96. The summed E-state index contributed by atoms with van der Waals surface area (Å²) in [6.07, 6.45) is 5.30. The first-order chi connectivity index (χ1) is 13.4. The molecule has 3 rings (SSSR count). The summed E-state index contributed by atoms with van der Waals surface area (Å²) in [6.45, 7) is 3.51. The zero-order valence-corrected chi connectivity index (χ0v) is 15.7. The smallest absolute Gasteiger partial charge is 0.331 e. The van der Waals surface area contributed by atoms with Crippen molar-refractivity contribution in [3.63, 3.8) is 0 Å². The molecule has 1 aromatic heterocycles. The summed E-state index contributed by atoms with van der Waals surface area (Å²) < 4.78 is 7.19. The highest BCUT2D eigenvalue weighted by Crippen LogP contribution is 2.38. The maximum atomic E-state index is 11.9. The lowest BCUT2D eigenvalue weighted by Crippen LogP contribution is -2.20. The molecule has 1 aromatic carbocycles. The molecule has 8 nitrogen and oxygen atoms in total. The lowest BCUT2D eigenvalue weighted by Gasteiger charge is -2.06. The highest BCUT2D eigenvalue weighted by Gasteiger charge is 2.26. The van der Waals surface area contributed by atoms with Gasteiger partial charge < -0.3 is 14.6 Å². The fourth-order valence-corrected chi connectivity index (χ4v) is 3.13. The largest absolute Gasteiger partial charge is 0.452 e. The summed E-state index contributed by atoms with van der Waals surface area (Å²) in [7, 11) is 0. The number of para-hydroxylation sites is 2. The van der Waals surface area contributed by atoms with E-state index in [9.17, 15) is 19.7 Å². The molecule has 8 heteroatoms. The van der Waals surface area contributed by atoms with Gasteiger partial charge in [0, 0.05) is 29.6 Å². The average molecular weight is 383 g/mol. The number of hydrogen-bond donors (Lipinski definition) is 1. The van der Waals surface area contributed by atoms with Crippen molar-refractivity contribution in [3.05, 3.63) is 63.5 Å². The molecule has 1 N–H and O–H groups in total. The second-order valence-electron chi connectivity index (χ2n) is 6.69. The molecule has 0 saturated heterocycles. The van der Waals surface area contributed by atoms with Crippen LogP contribution in [0.1, 0.15) is 35.8 Å². The van der Waals surface area contributed by atoms with E-state index in [2.05, 4.69) is 9.88 Å². The Labute approximate surface area is 162 Å². The highest BCUT2D eigenvalue weighted by atomic mass is 16.6. The molecule has 0 radical (unpaired) electrons. The molecular weight excluding hydrogens is 362 g/mol. The van der Waals surface area contributed by atoms with Crippen molar-refractivity contribution >= 4 is 29.3 Å². The van der Waals surface area contributed by atoms with Crippen LogP contribution in [0.25, 0.3) is 6.08 Å². The number of nitro groups is 1. The predicted octanol–water partition coefficient (Wildman–Crippen LogP) is 3.54. The molecule has 0 bridgehead atoms. The van der Waals surface area contributed by atoms with E-state index >= 15 is 0 Å². The Morgan fingerprint density at radius 2 is 2.04 bits per heavy atom. The molecule has 1 aliphatic carbocycles. The van der Waals surface area contributed by atoms with Crippen LogP contribution in [-0.4, -0.2) is 28.0 Å². The maximum absolute atomic E-state index is 11.9. The van der Waals surface area contributed by atoms with Crippen LogP contribution in [0.15, 0.2) is 36.4 Å². The third kappa shape index (κ3) is 4.46. The molecule has 0 unspecified atom stereocenters. The van der Waals surface area contributed by atoms with Gasteiger partial charge in [-0.1, -0.05) is 12.1 Å². The first-order valence-electron chi connectivity index (χ1n) is 8.93. The minimum Gasteiger partial charge on any atom is -0.452 e. The van der Waals surface area contributed by atoms with Gasteiger partial charge in [-0.3, -0.25) is 14.9 Å². The molecule has 1 heterocycles. The lowest BCUT2D eigenvalue weighted by molar-refractivity contribution is -0.383. The number of esters is 1. The van der Waals surface area contributed by atoms with Crippen LogP contribution in [0.3, 0.4) is 0 Å². The van der Waals surface area contributed by atoms with Crippen LogP contribution in [0, 0.1) is 24.0 Å². The number of nitrogens with zero attached hydrogens (tertiary/aromatic N) is 2. The normalized spacial score (nSPS) is 13.5. The van der Waals surface area contributed by atoms with Gasteiger partial charge in [0.2, 0.25) is 0 Å². The Bertz CT molecular complexity index is 957. The van der Waals surface area contributed by atoms with Gasteiger partial charge in [0.25, 0.3) is 11.6 Å². The second-order valence-corrected chi connectivity index (χ2v) is 6.69. The quantitative estimate of drug-likeness (QED) is 0.341. The van der Waals surface area contributed by atoms with E-state index in [1.807, 2.05) is 19.9 Å². The van der Waals surface area contributed by atoms with E-state index < -0.39 is 23.4 Å². The topological polar surface area (TPSA) is 103 Å². The molecular formula is C20H21N3O5.